The van der Waals surface area contributed by atoms with Crippen LogP contribution < -0.4 is 20.3 Å². The number of nitrogens with one attached hydrogen (secondary N) is 2. The molecule has 0 spiro atoms. The van der Waals surface area contributed by atoms with Crippen LogP contribution in [0.15, 0.2) is 60.8 Å². The number of rotatable bonds is 12. The molecule has 2 N–H and O–H groups in total. The van der Waals surface area contributed by atoms with E-state index in [2.05, 4.69) is 20.4 Å². The molecule has 214 valence electrons. The first-order chi connectivity index (χ1) is 19.0. The van der Waals surface area contributed by atoms with Crippen molar-refractivity contribution in [2.75, 3.05) is 36.2 Å². The highest BCUT2D eigenvalue weighted by Crippen LogP contribution is 2.36. The topological polar surface area (TPSA) is 92.8 Å². The van der Waals surface area contributed by atoms with Gasteiger partial charge in [-0.3, -0.25) is 4.79 Å². The number of amides is 2. The molecule has 12 heteroatoms. The lowest BCUT2D eigenvalue weighted by molar-refractivity contribution is -0.140. The minimum absolute atomic E-state index is 0.0498. The number of aromatic nitrogens is 1. The third kappa shape index (κ3) is 9.64. The SMILES string of the molecule is COC(=O)CCCCCCN(C)c1cc(Oc2ccc(NC(=O)Nc3ccc(Cl)c(C(F)(F)F)c3)cc2)ccn1. The summed E-state index contributed by atoms with van der Waals surface area (Å²) in [6, 6.07) is 12.5. The van der Waals surface area contributed by atoms with Gasteiger partial charge in [0.1, 0.15) is 17.3 Å². The van der Waals surface area contributed by atoms with E-state index in [1.807, 2.05) is 18.0 Å². The van der Waals surface area contributed by atoms with Crippen molar-refractivity contribution in [2.45, 2.75) is 38.3 Å². The van der Waals surface area contributed by atoms with Crippen LogP contribution in [0.2, 0.25) is 5.02 Å². The molecule has 0 atom stereocenters. The summed E-state index contributed by atoms with van der Waals surface area (Å²) in [5.74, 6) is 1.66. The number of methoxy groups -OCH3 is 1. The van der Waals surface area contributed by atoms with Gasteiger partial charge in [-0.15, -0.1) is 0 Å². The maximum absolute atomic E-state index is 13.0. The van der Waals surface area contributed by atoms with Crippen LogP contribution in [0.3, 0.4) is 0 Å². The number of nitrogens with zero attached hydrogens (tertiary/aromatic N) is 2. The lowest BCUT2D eigenvalue weighted by Crippen LogP contribution is -2.20. The fourth-order valence-electron chi connectivity index (χ4n) is 3.72. The highest BCUT2D eigenvalue weighted by molar-refractivity contribution is 6.31. The van der Waals surface area contributed by atoms with Gasteiger partial charge in [-0.2, -0.15) is 13.2 Å². The largest absolute Gasteiger partial charge is 0.469 e. The Kier molecular flexibility index (Phi) is 11.0. The number of halogens is 4. The minimum atomic E-state index is -4.64. The molecule has 40 heavy (non-hydrogen) atoms. The number of pyridine rings is 1. The van der Waals surface area contributed by atoms with Gasteiger partial charge >= 0.3 is 18.2 Å². The molecule has 2 aromatic carbocycles. The monoisotopic (exact) mass is 578 g/mol. The van der Waals surface area contributed by atoms with Crippen LogP contribution in [-0.2, 0) is 15.7 Å². The number of hydrogen-bond acceptors (Lipinski definition) is 6. The summed E-state index contributed by atoms with van der Waals surface area (Å²) in [4.78, 5) is 29.9. The number of esters is 1. The number of ether oxygens (including phenoxy) is 2. The normalized spacial score (nSPS) is 11.1. The number of carbonyl (C=O) groups is 2. The van der Waals surface area contributed by atoms with E-state index in [-0.39, 0.29) is 11.7 Å². The Morgan fingerprint density at radius 1 is 0.925 bits per heavy atom. The second kappa shape index (κ2) is 14.4. The summed E-state index contributed by atoms with van der Waals surface area (Å²) in [6.45, 7) is 0.796. The van der Waals surface area contributed by atoms with E-state index >= 15 is 0 Å². The smallest absolute Gasteiger partial charge is 0.417 e. The fourth-order valence-corrected chi connectivity index (χ4v) is 3.94. The highest BCUT2D eigenvalue weighted by atomic mass is 35.5. The summed E-state index contributed by atoms with van der Waals surface area (Å²) in [7, 11) is 3.34. The second-order valence-electron chi connectivity index (χ2n) is 8.91. The Bertz CT molecular complexity index is 1290. The van der Waals surface area contributed by atoms with Crippen molar-refractivity contribution in [2.24, 2.45) is 0 Å². The van der Waals surface area contributed by atoms with Crippen LogP contribution in [0, 0.1) is 0 Å². The number of alkyl halides is 3. The molecule has 1 heterocycles. The molecule has 3 rings (SSSR count). The maximum atomic E-state index is 13.0. The van der Waals surface area contributed by atoms with Crippen molar-refractivity contribution in [1.29, 1.82) is 0 Å². The first kappa shape index (κ1) is 30.6. The van der Waals surface area contributed by atoms with Gasteiger partial charge in [0, 0.05) is 43.7 Å². The Labute approximate surface area is 235 Å². The highest BCUT2D eigenvalue weighted by Gasteiger charge is 2.33. The average molecular weight is 579 g/mol. The molecule has 0 aliphatic heterocycles. The number of carbonyl (C=O) groups excluding carboxylic acids is 2. The predicted octanol–water partition coefficient (Wildman–Crippen LogP) is 7.75. The number of unbranched alkanes of at least 4 members (excludes halogenated alkanes) is 3. The summed E-state index contributed by atoms with van der Waals surface area (Å²) in [5, 5.41) is 4.47. The van der Waals surface area contributed by atoms with Crippen LogP contribution in [0.25, 0.3) is 0 Å². The average Bonchev–Trinajstić information content (AvgIpc) is 2.92. The van der Waals surface area contributed by atoms with Crippen molar-refractivity contribution in [3.05, 3.63) is 71.4 Å². The van der Waals surface area contributed by atoms with E-state index in [9.17, 15) is 22.8 Å². The van der Waals surface area contributed by atoms with Gasteiger partial charge in [0.2, 0.25) is 0 Å². The standard InChI is InChI=1S/C28H30ClF3N4O4/c1-36(16-6-4-3-5-7-26(37)39-2)25-18-22(14-15-33-25)40-21-11-8-19(9-12-21)34-27(38)35-20-10-13-24(29)23(17-20)28(30,31)32/h8-15,17-18H,3-7,16H2,1-2H3,(H2,34,35,38). The lowest BCUT2D eigenvalue weighted by Gasteiger charge is -2.18. The van der Waals surface area contributed by atoms with Crippen LogP contribution in [0.4, 0.5) is 35.2 Å². The summed E-state index contributed by atoms with van der Waals surface area (Å²) in [6.07, 6.45) is 1.15. The molecule has 0 saturated carbocycles. The Hall–Kier alpha value is -3.99. The van der Waals surface area contributed by atoms with Crippen LogP contribution in [-0.4, -0.2) is 37.7 Å². The molecule has 0 fully saturated rings. The van der Waals surface area contributed by atoms with Crippen molar-refractivity contribution in [1.82, 2.24) is 4.98 Å². The molecule has 0 bridgehead atoms. The number of hydrogen-bond donors (Lipinski definition) is 2. The van der Waals surface area contributed by atoms with Crippen LogP contribution in [0.1, 0.15) is 37.7 Å². The van der Waals surface area contributed by atoms with E-state index in [0.717, 1.165) is 50.2 Å². The zero-order valence-electron chi connectivity index (χ0n) is 22.1. The zero-order chi connectivity index (χ0) is 29.1. The first-order valence-corrected chi connectivity index (χ1v) is 12.9. The van der Waals surface area contributed by atoms with Gasteiger partial charge in [0.05, 0.1) is 17.7 Å². The predicted molar refractivity (Wildman–Crippen MR) is 148 cm³/mol. The summed E-state index contributed by atoms with van der Waals surface area (Å²) < 4.78 is 49.7. The van der Waals surface area contributed by atoms with E-state index < -0.39 is 22.8 Å². The van der Waals surface area contributed by atoms with E-state index in [4.69, 9.17) is 16.3 Å². The Morgan fingerprint density at radius 2 is 1.60 bits per heavy atom. The number of urea groups is 1. The Balaban J connectivity index is 1.49. The molecule has 0 radical (unpaired) electrons. The van der Waals surface area contributed by atoms with Crippen LogP contribution in [0.5, 0.6) is 11.5 Å². The van der Waals surface area contributed by atoms with Crippen molar-refractivity contribution in [3.8, 4) is 11.5 Å². The molecular weight excluding hydrogens is 549 g/mol. The second-order valence-corrected chi connectivity index (χ2v) is 9.32. The van der Waals surface area contributed by atoms with Gasteiger partial charge in [-0.1, -0.05) is 24.4 Å². The van der Waals surface area contributed by atoms with Gasteiger partial charge < -0.3 is 25.0 Å². The molecule has 8 nitrogen and oxygen atoms in total. The van der Waals surface area contributed by atoms with Crippen molar-refractivity contribution < 1.29 is 32.2 Å². The number of anilines is 3. The van der Waals surface area contributed by atoms with E-state index in [1.54, 1.807) is 36.5 Å². The molecule has 0 aliphatic carbocycles. The lowest BCUT2D eigenvalue weighted by atomic mass is 10.1. The summed E-state index contributed by atoms with van der Waals surface area (Å²) in [5.41, 5.74) is -0.672. The molecular formula is C28H30ClF3N4O4. The fraction of sp³-hybridized carbons (Fsp3) is 0.321. The van der Waals surface area contributed by atoms with Gasteiger partial charge in [-0.25, -0.2) is 9.78 Å². The maximum Gasteiger partial charge on any atom is 0.417 e. The summed E-state index contributed by atoms with van der Waals surface area (Å²) >= 11 is 5.61. The quantitative estimate of drug-likeness (QED) is 0.169. The third-order valence-electron chi connectivity index (χ3n) is 5.84. The molecule has 0 saturated heterocycles. The van der Waals surface area contributed by atoms with Crippen LogP contribution >= 0.6 is 11.6 Å². The third-order valence-corrected chi connectivity index (χ3v) is 6.17. The molecule has 0 aliphatic rings. The van der Waals surface area contributed by atoms with Crippen molar-refractivity contribution in [3.63, 3.8) is 0 Å². The minimum Gasteiger partial charge on any atom is -0.469 e. The molecule has 2 amide bonds. The van der Waals surface area contributed by atoms with Crippen molar-refractivity contribution >= 4 is 40.8 Å². The number of benzene rings is 2. The Morgan fingerprint density at radius 3 is 2.30 bits per heavy atom. The molecule has 0 unspecified atom stereocenters. The zero-order valence-corrected chi connectivity index (χ0v) is 22.8. The molecule has 3 aromatic rings. The first-order valence-electron chi connectivity index (χ1n) is 12.5. The van der Waals surface area contributed by atoms with E-state index in [0.29, 0.717) is 23.6 Å². The molecule has 1 aromatic heterocycles. The van der Waals surface area contributed by atoms with Gasteiger partial charge in [0.25, 0.3) is 0 Å². The van der Waals surface area contributed by atoms with E-state index in [1.165, 1.54) is 13.2 Å². The van der Waals surface area contributed by atoms with Gasteiger partial charge in [-0.05, 0) is 61.4 Å². The van der Waals surface area contributed by atoms with Gasteiger partial charge in [0.15, 0.2) is 0 Å².